The van der Waals surface area contributed by atoms with Crippen LogP contribution in [0.5, 0.6) is 5.75 Å². The second kappa shape index (κ2) is 9.38. The number of nitrogens with zero attached hydrogens (tertiary/aromatic N) is 1. The lowest BCUT2D eigenvalue weighted by atomic mass is 9.86. The van der Waals surface area contributed by atoms with Crippen LogP contribution in [0.25, 0.3) is 0 Å². The van der Waals surface area contributed by atoms with Crippen LogP contribution in [0.3, 0.4) is 0 Å². The molecule has 9 heteroatoms. The minimum absolute atomic E-state index is 0.0136. The van der Waals surface area contributed by atoms with Gasteiger partial charge in [0.2, 0.25) is 5.91 Å². The third kappa shape index (κ3) is 6.78. The van der Waals surface area contributed by atoms with Crippen molar-refractivity contribution in [2.24, 2.45) is 5.92 Å². The predicted octanol–water partition coefficient (Wildman–Crippen LogP) is 2.81. The second-order valence-corrected chi connectivity index (χ2v) is 11.1. The first-order valence-corrected chi connectivity index (χ1v) is 12.2. The van der Waals surface area contributed by atoms with Gasteiger partial charge in [-0.05, 0) is 42.9 Å². The number of benzene rings is 1. The van der Waals surface area contributed by atoms with Crippen molar-refractivity contribution in [3.8, 4) is 5.75 Å². The number of ether oxygens (including phenoxy) is 1. The van der Waals surface area contributed by atoms with Crippen molar-refractivity contribution in [3.63, 3.8) is 0 Å². The van der Waals surface area contributed by atoms with E-state index in [1.165, 1.54) is 11.0 Å². The zero-order valence-corrected chi connectivity index (χ0v) is 18.7. The Morgan fingerprint density at radius 2 is 2.00 bits per heavy atom. The van der Waals surface area contributed by atoms with E-state index in [-0.39, 0.29) is 36.3 Å². The number of carbonyl (C=O) groups excluding carboxylic acids is 2. The van der Waals surface area contributed by atoms with Crippen LogP contribution in [0.15, 0.2) is 30.4 Å². The molecule has 3 rings (SSSR count). The van der Waals surface area contributed by atoms with E-state index in [0.29, 0.717) is 24.5 Å². The number of allylic oxidation sites excluding steroid dienone is 1. The van der Waals surface area contributed by atoms with Crippen LogP contribution in [0.4, 0.5) is 9.18 Å². The van der Waals surface area contributed by atoms with Gasteiger partial charge in [0.25, 0.3) is 0 Å². The monoisotopic (exact) mass is 452 g/mol. The fourth-order valence-corrected chi connectivity index (χ4v) is 5.34. The third-order valence-corrected chi connectivity index (χ3v) is 7.44. The molecule has 1 aromatic rings. The molecule has 1 aliphatic heterocycles. The van der Waals surface area contributed by atoms with Gasteiger partial charge in [0.05, 0.1) is 18.1 Å². The summed E-state index contributed by atoms with van der Waals surface area (Å²) in [6.45, 7) is 4.39. The molecule has 0 atom stereocenters. The van der Waals surface area contributed by atoms with Gasteiger partial charge >= 0.3 is 6.03 Å². The molecule has 1 saturated carbocycles. The molecule has 1 N–H and O–H groups in total. The van der Waals surface area contributed by atoms with E-state index < -0.39 is 27.1 Å². The Hall–Kier alpha value is -2.42. The fraction of sp³-hybridized carbons (Fsp3) is 0.545. The Bertz CT molecular complexity index is 970. The summed E-state index contributed by atoms with van der Waals surface area (Å²) in [5, 5.41) is 2.18. The Kier molecular flexibility index (Phi) is 7.03. The van der Waals surface area contributed by atoms with Crippen molar-refractivity contribution in [1.82, 2.24) is 10.2 Å². The highest BCUT2D eigenvalue weighted by atomic mass is 32.2. The highest BCUT2D eigenvalue weighted by molar-refractivity contribution is 7.91. The predicted molar refractivity (Wildman–Crippen MR) is 115 cm³/mol. The summed E-state index contributed by atoms with van der Waals surface area (Å²) in [5.74, 6) is -0.242. The average Bonchev–Trinajstić information content (AvgIpc) is 3.43. The van der Waals surface area contributed by atoms with Crippen LogP contribution in [0.2, 0.25) is 0 Å². The van der Waals surface area contributed by atoms with Gasteiger partial charge in [-0.15, -0.1) is 0 Å². The van der Waals surface area contributed by atoms with Gasteiger partial charge in [-0.2, -0.15) is 0 Å². The van der Waals surface area contributed by atoms with E-state index in [0.717, 1.165) is 12.8 Å². The molecule has 0 spiro atoms. The average molecular weight is 453 g/mol. The third-order valence-electron chi connectivity index (χ3n) is 5.42. The molecule has 31 heavy (non-hydrogen) atoms. The zero-order chi connectivity index (χ0) is 22.6. The van der Waals surface area contributed by atoms with Gasteiger partial charge in [-0.3, -0.25) is 10.1 Å². The highest BCUT2D eigenvalue weighted by Crippen LogP contribution is 2.33. The Morgan fingerprint density at radius 3 is 2.65 bits per heavy atom. The smallest absolute Gasteiger partial charge is 0.324 e. The summed E-state index contributed by atoms with van der Waals surface area (Å²) in [6.07, 6.45) is 5.89. The number of sulfone groups is 1. The lowest BCUT2D eigenvalue weighted by Crippen LogP contribution is -2.30. The highest BCUT2D eigenvalue weighted by Gasteiger charge is 2.29. The fourth-order valence-electron chi connectivity index (χ4n) is 3.43. The Morgan fingerprint density at radius 1 is 1.26 bits per heavy atom. The van der Waals surface area contributed by atoms with Crippen LogP contribution in [0, 0.1) is 11.7 Å². The summed E-state index contributed by atoms with van der Waals surface area (Å²) >= 11 is 0. The van der Waals surface area contributed by atoms with Crippen LogP contribution in [0.1, 0.15) is 38.7 Å². The minimum Gasteiger partial charge on any atom is -0.490 e. The van der Waals surface area contributed by atoms with Crippen molar-refractivity contribution >= 4 is 21.8 Å². The maximum atomic E-state index is 14.1. The first-order chi connectivity index (χ1) is 14.6. The van der Waals surface area contributed by atoms with Crippen LogP contribution >= 0.6 is 0 Å². The van der Waals surface area contributed by atoms with Gasteiger partial charge in [0.15, 0.2) is 21.4 Å². The number of imide groups is 1. The standard InChI is InChI=1S/C22H29FN2O5S/c1-22(2,17-8-9-18(23)19(12-17)30-14-16-6-7-16)15-31(28,29)11-5-3-4-10-25-13-20(26)24-21(25)27/h3-4,8-9,12,16H,5-7,10-11,13-15H2,1-2H3,(H,24,26,27)/b4-3+. The molecule has 0 aromatic heterocycles. The second-order valence-electron chi connectivity index (χ2n) is 8.87. The zero-order valence-electron chi connectivity index (χ0n) is 17.9. The molecule has 1 saturated heterocycles. The normalized spacial score (nSPS) is 17.5. The molecule has 0 unspecified atom stereocenters. The first kappa shape index (κ1) is 23.2. The molecule has 7 nitrogen and oxygen atoms in total. The van der Waals surface area contributed by atoms with Gasteiger partial charge in [0, 0.05) is 12.0 Å². The number of rotatable bonds is 11. The molecule has 3 amide bonds. The molecule has 1 aliphatic carbocycles. The lowest BCUT2D eigenvalue weighted by molar-refractivity contribution is -0.118. The van der Waals surface area contributed by atoms with Crippen LogP contribution < -0.4 is 10.1 Å². The van der Waals surface area contributed by atoms with Crippen molar-refractivity contribution in [3.05, 3.63) is 41.7 Å². The number of halogens is 1. The van der Waals surface area contributed by atoms with Crippen molar-refractivity contribution in [2.45, 2.75) is 38.5 Å². The minimum atomic E-state index is -3.38. The van der Waals surface area contributed by atoms with Crippen molar-refractivity contribution in [2.75, 3.05) is 31.2 Å². The summed E-state index contributed by atoms with van der Waals surface area (Å²) in [4.78, 5) is 23.9. The van der Waals surface area contributed by atoms with E-state index in [1.807, 2.05) is 13.8 Å². The Balaban J connectivity index is 1.53. The lowest BCUT2D eigenvalue weighted by Gasteiger charge is -2.25. The quantitative estimate of drug-likeness (QED) is 0.412. The maximum absolute atomic E-state index is 14.1. The molecule has 2 aliphatic rings. The van der Waals surface area contributed by atoms with E-state index >= 15 is 0 Å². The molecule has 2 fully saturated rings. The Labute approximate surface area is 182 Å². The summed E-state index contributed by atoms with van der Waals surface area (Å²) in [6, 6.07) is 4.10. The molecule has 0 radical (unpaired) electrons. The van der Waals surface area contributed by atoms with E-state index in [2.05, 4.69) is 5.32 Å². The molecule has 1 aromatic carbocycles. The summed E-state index contributed by atoms with van der Waals surface area (Å²) in [5.41, 5.74) is 0.00519. The van der Waals surface area contributed by atoms with Crippen molar-refractivity contribution in [1.29, 1.82) is 0 Å². The largest absolute Gasteiger partial charge is 0.490 e. The van der Waals surface area contributed by atoms with E-state index in [1.54, 1.807) is 24.3 Å². The first-order valence-electron chi connectivity index (χ1n) is 10.4. The van der Waals surface area contributed by atoms with Gasteiger partial charge in [-0.1, -0.05) is 32.1 Å². The molecule has 0 bridgehead atoms. The van der Waals surface area contributed by atoms with Gasteiger partial charge in [-0.25, -0.2) is 17.6 Å². The number of hydrogen-bond acceptors (Lipinski definition) is 5. The summed E-state index contributed by atoms with van der Waals surface area (Å²) in [7, 11) is -3.38. The van der Waals surface area contributed by atoms with E-state index in [9.17, 15) is 22.4 Å². The number of nitrogens with one attached hydrogen (secondary N) is 1. The maximum Gasteiger partial charge on any atom is 0.324 e. The molecular weight excluding hydrogens is 423 g/mol. The molecule has 1 heterocycles. The number of amides is 3. The van der Waals surface area contributed by atoms with Crippen molar-refractivity contribution < 1.29 is 27.1 Å². The SMILES string of the molecule is CC(C)(CS(=O)(=O)CC/C=C/CN1CC(=O)NC1=O)c1ccc(F)c(OCC2CC2)c1. The summed E-state index contributed by atoms with van der Waals surface area (Å²) < 4.78 is 45.0. The number of urea groups is 1. The molecular formula is C22H29FN2O5S. The number of hydrogen-bond donors (Lipinski definition) is 1. The topological polar surface area (TPSA) is 92.8 Å². The van der Waals surface area contributed by atoms with E-state index in [4.69, 9.17) is 4.74 Å². The molecule has 170 valence electrons. The van der Waals surface area contributed by atoms with Gasteiger partial charge < -0.3 is 9.64 Å². The van der Waals surface area contributed by atoms with Crippen LogP contribution in [-0.2, 0) is 20.0 Å². The van der Waals surface area contributed by atoms with Crippen LogP contribution in [-0.4, -0.2) is 56.5 Å². The van der Waals surface area contributed by atoms with Gasteiger partial charge in [0.1, 0.15) is 6.54 Å². The number of carbonyl (C=O) groups is 2.